The van der Waals surface area contributed by atoms with Crippen LogP contribution in [0.25, 0.3) is 10.9 Å². The van der Waals surface area contributed by atoms with Gasteiger partial charge in [-0.05, 0) is 31.5 Å². The molecule has 0 aliphatic carbocycles. The average molecular weight is 352 g/mol. The Balaban J connectivity index is 1.71. The number of nitrogens with zero attached hydrogens (tertiary/aromatic N) is 4. The summed E-state index contributed by atoms with van der Waals surface area (Å²) in [5, 5.41) is 0.668. The molecule has 26 heavy (non-hydrogen) atoms. The highest BCUT2D eigenvalue weighted by Crippen LogP contribution is 2.33. The Morgan fingerprint density at radius 1 is 1.31 bits per heavy atom. The number of aromatic nitrogens is 3. The topological polar surface area (TPSA) is 64.2 Å². The monoisotopic (exact) mass is 352 g/mol. The molecule has 6 nitrogen and oxygen atoms in total. The normalized spacial score (nSPS) is 18.2. The van der Waals surface area contributed by atoms with Gasteiger partial charge in [0.15, 0.2) is 6.39 Å². The molecule has 0 amide bonds. The second-order valence-corrected chi connectivity index (χ2v) is 7.30. The smallest absolute Gasteiger partial charge is 0.261 e. The van der Waals surface area contributed by atoms with Crippen molar-refractivity contribution in [1.82, 2.24) is 19.4 Å². The summed E-state index contributed by atoms with van der Waals surface area (Å²) in [5.41, 5.74) is 1.77. The van der Waals surface area contributed by atoms with Crippen molar-refractivity contribution in [3.05, 3.63) is 58.3 Å². The van der Waals surface area contributed by atoms with Crippen molar-refractivity contribution in [2.24, 2.45) is 7.05 Å². The molecule has 1 unspecified atom stereocenters. The van der Waals surface area contributed by atoms with E-state index in [1.165, 1.54) is 6.39 Å². The fourth-order valence-corrected chi connectivity index (χ4v) is 3.90. The number of hydrogen-bond donors (Lipinski definition) is 0. The first kappa shape index (κ1) is 17.0. The predicted octanol–water partition coefficient (Wildman–Crippen LogP) is 3.38. The van der Waals surface area contributed by atoms with Crippen molar-refractivity contribution < 1.29 is 4.42 Å². The molecule has 1 atom stereocenters. The Labute approximate surface area is 152 Å². The summed E-state index contributed by atoms with van der Waals surface area (Å²) in [6.45, 7) is 5.91. The van der Waals surface area contributed by atoms with Crippen LogP contribution in [-0.4, -0.2) is 26.0 Å². The van der Waals surface area contributed by atoms with E-state index < -0.39 is 0 Å². The van der Waals surface area contributed by atoms with Gasteiger partial charge in [-0.15, -0.1) is 0 Å². The van der Waals surface area contributed by atoms with Gasteiger partial charge >= 0.3 is 0 Å². The average Bonchev–Trinajstić information content (AvgIpc) is 3.28. The van der Waals surface area contributed by atoms with Crippen molar-refractivity contribution in [2.75, 3.05) is 6.54 Å². The van der Waals surface area contributed by atoms with E-state index in [0.717, 1.165) is 48.7 Å². The van der Waals surface area contributed by atoms with Crippen LogP contribution in [0.4, 0.5) is 0 Å². The second-order valence-electron chi connectivity index (χ2n) is 7.30. The molecule has 0 saturated carbocycles. The van der Waals surface area contributed by atoms with Gasteiger partial charge in [-0.25, -0.2) is 9.97 Å². The maximum Gasteiger partial charge on any atom is 0.261 e. The van der Waals surface area contributed by atoms with Gasteiger partial charge < -0.3 is 4.42 Å². The van der Waals surface area contributed by atoms with Crippen molar-refractivity contribution in [3.63, 3.8) is 0 Å². The van der Waals surface area contributed by atoms with Gasteiger partial charge in [0.1, 0.15) is 11.6 Å². The van der Waals surface area contributed by atoms with Gasteiger partial charge in [-0.1, -0.05) is 26.0 Å². The molecular formula is C20H24N4O2. The second kappa shape index (κ2) is 6.68. The molecule has 6 heteroatoms. The lowest BCUT2D eigenvalue weighted by Gasteiger charge is -2.25. The van der Waals surface area contributed by atoms with Crippen LogP contribution < -0.4 is 5.56 Å². The standard InChI is InChI=1S/C20H24N4O2/c1-13(2)18-16(21-12-26-18)11-24-10-6-9-17(24)19-22-15-8-5-4-7-14(15)20(25)23(19)3/h4-5,7-8,12-13,17H,6,9-11H2,1-3H3. The molecule has 1 saturated heterocycles. The highest BCUT2D eigenvalue weighted by Gasteiger charge is 2.31. The fraction of sp³-hybridized carbons (Fsp3) is 0.450. The minimum Gasteiger partial charge on any atom is -0.448 e. The number of hydrogen-bond acceptors (Lipinski definition) is 5. The van der Waals surface area contributed by atoms with Crippen LogP contribution in [-0.2, 0) is 13.6 Å². The first-order valence-electron chi connectivity index (χ1n) is 9.18. The summed E-state index contributed by atoms with van der Waals surface area (Å²) in [5.74, 6) is 2.08. The number of likely N-dealkylation sites (tertiary alicyclic amines) is 1. The molecule has 2 aromatic heterocycles. The van der Waals surface area contributed by atoms with Crippen molar-refractivity contribution in [2.45, 2.75) is 45.2 Å². The molecule has 0 spiro atoms. The van der Waals surface area contributed by atoms with E-state index in [1.807, 2.05) is 31.3 Å². The van der Waals surface area contributed by atoms with Crippen molar-refractivity contribution in [1.29, 1.82) is 0 Å². The lowest BCUT2D eigenvalue weighted by Crippen LogP contribution is -2.31. The van der Waals surface area contributed by atoms with E-state index in [-0.39, 0.29) is 11.6 Å². The minimum absolute atomic E-state index is 0.0155. The molecular weight excluding hydrogens is 328 g/mol. The zero-order valence-corrected chi connectivity index (χ0v) is 15.5. The maximum absolute atomic E-state index is 12.7. The third-order valence-electron chi connectivity index (χ3n) is 5.23. The summed E-state index contributed by atoms with van der Waals surface area (Å²) >= 11 is 0. The highest BCUT2D eigenvalue weighted by molar-refractivity contribution is 5.77. The summed E-state index contributed by atoms with van der Waals surface area (Å²) in [6.07, 6.45) is 3.61. The van der Waals surface area contributed by atoms with Crippen molar-refractivity contribution in [3.8, 4) is 0 Å². The molecule has 3 heterocycles. The third-order valence-corrected chi connectivity index (χ3v) is 5.23. The first-order chi connectivity index (χ1) is 12.6. The quantitative estimate of drug-likeness (QED) is 0.720. The van der Waals surface area contributed by atoms with E-state index in [4.69, 9.17) is 9.40 Å². The number of rotatable bonds is 4. The Morgan fingerprint density at radius 2 is 2.12 bits per heavy atom. The zero-order valence-electron chi connectivity index (χ0n) is 15.5. The van der Waals surface area contributed by atoms with E-state index in [0.29, 0.717) is 11.3 Å². The molecule has 0 radical (unpaired) electrons. The van der Waals surface area contributed by atoms with E-state index in [1.54, 1.807) is 4.57 Å². The minimum atomic E-state index is 0.0155. The maximum atomic E-state index is 12.7. The van der Waals surface area contributed by atoms with Gasteiger partial charge in [-0.3, -0.25) is 14.3 Å². The summed E-state index contributed by atoms with van der Waals surface area (Å²) in [6, 6.07) is 7.67. The van der Waals surface area contributed by atoms with Gasteiger partial charge in [0, 0.05) is 19.5 Å². The fourth-order valence-electron chi connectivity index (χ4n) is 3.90. The van der Waals surface area contributed by atoms with Crippen LogP contribution in [0, 0.1) is 0 Å². The molecule has 1 aliphatic heterocycles. The number of fused-ring (bicyclic) bond motifs is 1. The predicted molar refractivity (Wildman–Crippen MR) is 100.0 cm³/mol. The molecule has 1 aliphatic rings. The largest absolute Gasteiger partial charge is 0.448 e. The Bertz CT molecular complexity index is 989. The summed E-state index contributed by atoms with van der Waals surface area (Å²) in [7, 11) is 1.82. The lowest BCUT2D eigenvalue weighted by atomic mass is 10.1. The zero-order chi connectivity index (χ0) is 18.3. The van der Waals surface area contributed by atoms with Crippen LogP contribution >= 0.6 is 0 Å². The van der Waals surface area contributed by atoms with E-state index in [9.17, 15) is 4.79 Å². The first-order valence-corrected chi connectivity index (χ1v) is 9.18. The molecule has 0 N–H and O–H groups in total. The molecule has 3 aromatic rings. The molecule has 1 fully saturated rings. The number of benzene rings is 1. The molecule has 136 valence electrons. The SMILES string of the molecule is CC(C)c1ocnc1CN1CCCC1c1nc2ccccc2c(=O)n1C. The van der Waals surface area contributed by atoms with Crippen molar-refractivity contribution >= 4 is 10.9 Å². The van der Waals surface area contributed by atoms with Crippen LogP contribution in [0.3, 0.4) is 0 Å². The van der Waals surface area contributed by atoms with Crippen LogP contribution in [0.2, 0.25) is 0 Å². The molecule has 0 bridgehead atoms. The van der Waals surface area contributed by atoms with Crippen LogP contribution in [0.5, 0.6) is 0 Å². The van der Waals surface area contributed by atoms with Gasteiger partial charge in [0.25, 0.3) is 5.56 Å². The molecule has 4 rings (SSSR count). The Kier molecular flexibility index (Phi) is 4.36. The van der Waals surface area contributed by atoms with Gasteiger partial charge in [0.05, 0.1) is 22.6 Å². The third kappa shape index (κ3) is 2.84. The van der Waals surface area contributed by atoms with E-state index in [2.05, 4.69) is 23.7 Å². The summed E-state index contributed by atoms with van der Waals surface area (Å²) < 4.78 is 7.28. The van der Waals surface area contributed by atoms with Gasteiger partial charge in [-0.2, -0.15) is 0 Å². The summed E-state index contributed by atoms with van der Waals surface area (Å²) in [4.78, 5) is 24.4. The molecule has 1 aromatic carbocycles. The Morgan fingerprint density at radius 3 is 2.92 bits per heavy atom. The lowest BCUT2D eigenvalue weighted by molar-refractivity contribution is 0.230. The van der Waals surface area contributed by atoms with Gasteiger partial charge in [0.2, 0.25) is 0 Å². The number of oxazole rings is 1. The highest BCUT2D eigenvalue weighted by atomic mass is 16.3. The van der Waals surface area contributed by atoms with Crippen LogP contribution in [0.1, 0.15) is 55.9 Å². The van der Waals surface area contributed by atoms with Crippen LogP contribution in [0.15, 0.2) is 39.9 Å². The Hall–Kier alpha value is -2.47. The van der Waals surface area contributed by atoms with E-state index >= 15 is 0 Å². The number of para-hydroxylation sites is 1.